The number of hydrogen-bond donors (Lipinski definition) is 2. The standard InChI is InChI=1S/C17H21N3O3/c21-14-10-23-15-12(2-1-3-13(15)19-14)16(22)20-8-5-17(6-9-20)4-7-18-11-17/h1-3,18H,4-11H2,(H,19,21). The molecule has 6 nitrogen and oxygen atoms in total. The fraction of sp³-hybridized carbons (Fsp3) is 0.529. The smallest absolute Gasteiger partial charge is 0.262 e. The summed E-state index contributed by atoms with van der Waals surface area (Å²) in [6, 6.07) is 5.33. The maximum Gasteiger partial charge on any atom is 0.262 e. The molecule has 4 rings (SSSR count). The Bertz CT molecular complexity index is 642. The van der Waals surface area contributed by atoms with Gasteiger partial charge in [0.2, 0.25) is 0 Å². The number of benzene rings is 1. The van der Waals surface area contributed by atoms with Gasteiger partial charge in [0, 0.05) is 19.6 Å². The first kappa shape index (κ1) is 14.5. The summed E-state index contributed by atoms with van der Waals surface area (Å²) in [4.78, 5) is 26.2. The van der Waals surface area contributed by atoms with Crippen LogP contribution in [-0.2, 0) is 4.79 Å². The number of nitrogens with one attached hydrogen (secondary N) is 2. The summed E-state index contributed by atoms with van der Waals surface area (Å²) in [7, 11) is 0. The molecule has 1 spiro atoms. The number of ether oxygens (including phenoxy) is 1. The molecule has 0 saturated carbocycles. The number of para-hydroxylation sites is 1. The fourth-order valence-electron chi connectivity index (χ4n) is 3.86. The number of nitrogens with zero attached hydrogens (tertiary/aromatic N) is 1. The molecule has 2 N–H and O–H groups in total. The van der Waals surface area contributed by atoms with E-state index in [1.54, 1.807) is 18.2 Å². The predicted molar refractivity (Wildman–Crippen MR) is 85.6 cm³/mol. The van der Waals surface area contributed by atoms with E-state index in [9.17, 15) is 9.59 Å². The minimum absolute atomic E-state index is 0.00111. The van der Waals surface area contributed by atoms with Crippen molar-refractivity contribution >= 4 is 17.5 Å². The number of carbonyl (C=O) groups is 2. The lowest BCUT2D eigenvalue weighted by atomic mass is 9.78. The predicted octanol–water partition coefficient (Wildman–Crippen LogP) is 1.23. The maximum atomic E-state index is 12.9. The molecule has 1 aromatic rings. The Labute approximate surface area is 135 Å². The monoisotopic (exact) mass is 315 g/mol. The van der Waals surface area contributed by atoms with Gasteiger partial charge in [-0.2, -0.15) is 0 Å². The molecule has 6 heteroatoms. The lowest BCUT2D eigenvalue weighted by Gasteiger charge is -2.39. The van der Waals surface area contributed by atoms with Crippen molar-refractivity contribution in [2.24, 2.45) is 5.41 Å². The Balaban J connectivity index is 1.52. The highest BCUT2D eigenvalue weighted by Crippen LogP contribution is 2.38. The molecule has 1 aromatic carbocycles. The SMILES string of the molecule is O=C1COc2c(cccc2C(=O)N2CCC3(CCNC3)CC2)N1. The Morgan fingerprint density at radius 3 is 2.78 bits per heavy atom. The zero-order valence-corrected chi connectivity index (χ0v) is 13.1. The Hall–Kier alpha value is -2.08. The van der Waals surface area contributed by atoms with Crippen LogP contribution >= 0.6 is 0 Å². The van der Waals surface area contributed by atoms with E-state index in [0.717, 1.165) is 39.0 Å². The summed E-state index contributed by atoms with van der Waals surface area (Å²) in [6.45, 7) is 3.71. The normalized spacial score (nSPS) is 22.4. The van der Waals surface area contributed by atoms with Crippen LogP contribution < -0.4 is 15.4 Å². The number of rotatable bonds is 1. The summed E-state index contributed by atoms with van der Waals surface area (Å²) < 4.78 is 5.50. The number of fused-ring (bicyclic) bond motifs is 1. The van der Waals surface area contributed by atoms with Crippen molar-refractivity contribution < 1.29 is 14.3 Å². The van der Waals surface area contributed by atoms with E-state index in [1.807, 2.05) is 4.90 Å². The van der Waals surface area contributed by atoms with Crippen LogP contribution in [0.5, 0.6) is 5.75 Å². The van der Waals surface area contributed by atoms with Gasteiger partial charge in [-0.3, -0.25) is 9.59 Å². The van der Waals surface area contributed by atoms with Crippen molar-refractivity contribution in [3.63, 3.8) is 0 Å². The van der Waals surface area contributed by atoms with E-state index in [1.165, 1.54) is 6.42 Å². The first-order chi connectivity index (χ1) is 11.2. The van der Waals surface area contributed by atoms with Crippen molar-refractivity contribution in [2.45, 2.75) is 19.3 Å². The zero-order chi connectivity index (χ0) is 15.9. The van der Waals surface area contributed by atoms with Gasteiger partial charge < -0.3 is 20.3 Å². The van der Waals surface area contributed by atoms with E-state index in [0.29, 0.717) is 22.4 Å². The number of hydrogen-bond acceptors (Lipinski definition) is 4. The number of piperidine rings is 1. The third kappa shape index (κ3) is 2.57. The number of anilines is 1. The van der Waals surface area contributed by atoms with Gasteiger partial charge in [-0.1, -0.05) is 6.07 Å². The van der Waals surface area contributed by atoms with Crippen LogP contribution in [-0.4, -0.2) is 49.5 Å². The molecular weight excluding hydrogens is 294 g/mol. The molecule has 0 aliphatic carbocycles. The first-order valence-corrected chi connectivity index (χ1v) is 8.23. The van der Waals surface area contributed by atoms with E-state index in [2.05, 4.69) is 10.6 Å². The molecule has 122 valence electrons. The third-order valence-corrected chi connectivity index (χ3v) is 5.31. The first-order valence-electron chi connectivity index (χ1n) is 8.23. The highest BCUT2D eigenvalue weighted by molar-refractivity contribution is 6.03. The molecule has 0 bridgehead atoms. The Morgan fingerprint density at radius 2 is 2.04 bits per heavy atom. The molecule has 3 aliphatic heterocycles. The molecule has 2 fully saturated rings. The van der Waals surface area contributed by atoms with Crippen molar-refractivity contribution in [3.8, 4) is 5.75 Å². The largest absolute Gasteiger partial charge is 0.481 e. The highest BCUT2D eigenvalue weighted by atomic mass is 16.5. The van der Waals surface area contributed by atoms with Gasteiger partial charge in [0.25, 0.3) is 11.8 Å². The molecular formula is C17H21N3O3. The summed E-state index contributed by atoms with van der Waals surface area (Å²) in [6.07, 6.45) is 3.32. The van der Waals surface area contributed by atoms with Gasteiger partial charge in [-0.15, -0.1) is 0 Å². The molecule has 2 amide bonds. The number of carbonyl (C=O) groups excluding carboxylic acids is 2. The molecule has 23 heavy (non-hydrogen) atoms. The van der Waals surface area contributed by atoms with Crippen LogP contribution in [0.3, 0.4) is 0 Å². The van der Waals surface area contributed by atoms with Crippen LogP contribution in [0.1, 0.15) is 29.6 Å². The summed E-state index contributed by atoms with van der Waals surface area (Å²) in [5.74, 6) is 0.314. The lowest BCUT2D eigenvalue weighted by molar-refractivity contribution is -0.118. The van der Waals surface area contributed by atoms with Crippen LogP contribution in [0.15, 0.2) is 18.2 Å². The average molecular weight is 315 g/mol. The Kier molecular flexibility index (Phi) is 3.49. The van der Waals surface area contributed by atoms with Crippen molar-refractivity contribution in [3.05, 3.63) is 23.8 Å². The molecule has 2 saturated heterocycles. The Morgan fingerprint density at radius 1 is 1.22 bits per heavy atom. The summed E-state index contributed by atoms with van der Waals surface area (Å²) >= 11 is 0. The van der Waals surface area contributed by atoms with Crippen LogP contribution in [0.4, 0.5) is 5.69 Å². The van der Waals surface area contributed by atoms with Crippen molar-refractivity contribution in [2.75, 3.05) is 38.1 Å². The van der Waals surface area contributed by atoms with E-state index < -0.39 is 0 Å². The van der Waals surface area contributed by atoms with Crippen molar-refractivity contribution in [1.29, 1.82) is 0 Å². The molecule has 0 aromatic heterocycles. The van der Waals surface area contributed by atoms with Gasteiger partial charge in [0.1, 0.15) is 0 Å². The average Bonchev–Trinajstić information content (AvgIpc) is 3.02. The lowest BCUT2D eigenvalue weighted by Crippen LogP contribution is -2.44. The zero-order valence-electron chi connectivity index (χ0n) is 13.1. The fourth-order valence-corrected chi connectivity index (χ4v) is 3.86. The maximum absolute atomic E-state index is 12.9. The molecule has 3 aliphatic rings. The third-order valence-electron chi connectivity index (χ3n) is 5.31. The minimum Gasteiger partial charge on any atom is -0.481 e. The topological polar surface area (TPSA) is 70.7 Å². The molecule has 0 radical (unpaired) electrons. The van der Waals surface area contributed by atoms with E-state index in [4.69, 9.17) is 4.74 Å². The second kappa shape index (κ2) is 5.53. The molecule has 0 unspecified atom stereocenters. The molecule has 3 heterocycles. The quantitative estimate of drug-likeness (QED) is 0.818. The van der Waals surface area contributed by atoms with Crippen LogP contribution in [0, 0.1) is 5.41 Å². The van der Waals surface area contributed by atoms with Gasteiger partial charge in [-0.05, 0) is 43.4 Å². The minimum atomic E-state index is -0.184. The van der Waals surface area contributed by atoms with Gasteiger partial charge >= 0.3 is 0 Å². The van der Waals surface area contributed by atoms with E-state index >= 15 is 0 Å². The number of likely N-dealkylation sites (tertiary alicyclic amines) is 1. The van der Waals surface area contributed by atoms with Gasteiger partial charge in [0.05, 0.1) is 11.3 Å². The second-order valence-corrected chi connectivity index (χ2v) is 6.74. The van der Waals surface area contributed by atoms with Gasteiger partial charge in [-0.25, -0.2) is 0 Å². The number of amides is 2. The van der Waals surface area contributed by atoms with Gasteiger partial charge in [0.15, 0.2) is 12.4 Å². The van der Waals surface area contributed by atoms with E-state index in [-0.39, 0.29) is 18.4 Å². The van der Waals surface area contributed by atoms with Crippen molar-refractivity contribution in [1.82, 2.24) is 10.2 Å². The van der Waals surface area contributed by atoms with Crippen LogP contribution in [0.2, 0.25) is 0 Å². The summed E-state index contributed by atoms with van der Waals surface area (Å²) in [5.41, 5.74) is 1.51. The highest BCUT2D eigenvalue weighted by Gasteiger charge is 2.38. The van der Waals surface area contributed by atoms with Crippen LogP contribution in [0.25, 0.3) is 0 Å². The second-order valence-electron chi connectivity index (χ2n) is 6.74. The summed E-state index contributed by atoms with van der Waals surface area (Å²) in [5, 5.41) is 6.19. The molecule has 0 atom stereocenters.